The zero-order valence-electron chi connectivity index (χ0n) is 21.1. The molecule has 37 heavy (non-hydrogen) atoms. The van der Waals surface area contributed by atoms with Gasteiger partial charge in [0, 0.05) is 57.1 Å². The highest BCUT2D eigenvalue weighted by atomic mass is 16.5. The Morgan fingerprint density at radius 1 is 1.11 bits per heavy atom. The number of hydrogen-bond donors (Lipinski definition) is 1. The smallest absolute Gasteiger partial charge is 0.226 e. The highest BCUT2D eigenvalue weighted by molar-refractivity contribution is 5.58. The lowest BCUT2D eigenvalue weighted by atomic mass is 10.1. The molecule has 1 N–H and O–H groups in total. The van der Waals surface area contributed by atoms with Gasteiger partial charge in [0.1, 0.15) is 0 Å². The molecule has 5 heterocycles. The summed E-state index contributed by atoms with van der Waals surface area (Å²) in [6.07, 6.45) is 3.53. The Bertz CT molecular complexity index is 1360. The van der Waals surface area contributed by atoms with E-state index in [0.717, 1.165) is 62.7 Å². The van der Waals surface area contributed by atoms with Gasteiger partial charge in [-0.25, -0.2) is 9.97 Å². The van der Waals surface area contributed by atoms with Crippen molar-refractivity contribution in [3.05, 3.63) is 53.9 Å². The summed E-state index contributed by atoms with van der Waals surface area (Å²) in [5, 5.41) is 8.15. The maximum atomic E-state index is 5.72. The summed E-state index contributed by atoms with van der Waals surface area (Å²) in [4.78, 5) is 14.6. The molecule has 2 fully saturated rings. The molecule has 1 atom stereocenters. The Labute approximate surface area is 214 Å². The van der Waals surface area contributed by atoms with Crippen molar-refractivity contribution in [1.82, 2.24) is 29.4 Å². The summed E-state index contributed by atoms with van der Waals surface area (Å²) in [6.45, 7) is 6.92. The predicted molar refractivity (Wildman–Crippen MR) is 137 cm³/mol. The van der Waals surface area contributed by atoms with Crippen molar-refractivity contribution in [3.63, 3.8) is 0 Å². The van der Waals surface area contributed by atoms with Gasteiger partial charge in [-0.3, -0.25) is 9.80 Å². The Hall–Kier alpha value is -3.67. The first-order valence-corrected chi connectivity index (χ1v) is 12.5. The number of benzene rings is 1. The van der Waals surface area contributed by atoms with Crippen LogP contribution in [0, 0.1) is 0 Å². The lowest BCUT2D eigenvalue weighted by molar-refractivity contribution is -0.0461. The van der Waals surface area contributed by atoms with E-state index in [1.165, 1.54) is 0 Å². The number of anilines is 1. The third-order valence-corrected chi connectivity index (χ3v) is 6.99. The van der Waals surface area contributed by atoms with Gasteiger partial charge >= 0.3 is 0 Å². The number of rotatable bonds is 8. The summed E-state index contributed by atoms with van der Waals surface area (Å²) in [6, 6.07) is 9.96. The standard InChI is InChI=1S/C26H31N7O4/c1-34-21-6-5-18(12-23(21)35-2)13-27-26-28-14-19(15-31-7-8-32-9-11-36-17-20(32)16-31)25-29-24(30-33(25)26)22-4-3-10-37-22/h3-6,10,12,14,20H,7-9,11,13,15-17H2,1-2H3,(H,27,28)/t20-/m1/s1. The molecule has 0 spiro atoms. The fourth-order valence-electron chi connectivity index (χ4n) is 5.03. The molecule has 2 aliphatic rings. The van der Waals surface area contributed by atoms with Gasteiger partial charge in [-0.05, 0) is 29.8 Å². The molecule has 11 nitrogen and oxygen atoms in total. The predicted octanol–water partition coefficient (Wildman–Crippen LogP) is 2.53. The van der Waals surface area contributed by atoms with E-state index in [1.807, 2.05) is 36.5 Å². The topological polar surface area (TPSA) is 102 Å². The molecule has 2 saturated heterocycles. The van der Waals surface area contributed by atoms with Crippen molar-refractivity contribution in [1.29, 1.82) is 0 Å². The number of methoxy groups -OCH3 is 2. The van der Waals surface area contributed by atoms with Crippen molar-refractivity contribution in [2.75, 3.05) is 58.9 Å². The van der Waals surface area contributed by atoms with Gasteiger partial charge in [-0.15, -0.1) is 5.10 Å². The van der Waals surface area contributed by atoms with Crippen molar-refractivity contribution >= 4 is 11.6 Å². The van der Waals surface area contributed by atoms with Crippen LogP contribution in [-0.4, -0.2) is 89.0 Å². The largest absolute Gasteiger partial charge is 0.493 e. The number of hydrogen-bond acceptors (Lipinski definition) is 10. The minimum Gasteiger partial charge on any atom is -0.493 e. The Morgan fingerprint density at radius 2 is 2.03 bits per heavy atom. The van der Waals surface area contributed by atoms with Crippen LogP contribution in [0.1, 0.15) is 11.1 Å². The molecule has 0 unspecified atom stereocenters. The molecule has 0 amide bonds. The van der Waals surface area contributed by atoms with Gasteiger partial charge in [0.15, 0.2) is 22.9 Å². The van der Waals surface area contributed by atoms with E-state index < -0.39 is 0 Å². The SMILES string of the molecule is COc1ccc(CNc2ncc(CN3CCN4CCOC[C@H]4C3)c3nc(-c4ccco4)nn23)cc1OC. The number of fused-ring (bicyclic) bond motifs is 2. The first-order valence-electron chi connectivity index (χ1n) is 12.5. The summed E-state index contributed by atoms with van der Waals surface area (Å²) in [5.74, 6) is 3.12. The van der Waals surface area contributed by atoms with Gasteiger partial charge in [0.25, 0.3) is 0 Å². The number of nitrogens with zero attached hydrogens (tertiary/aromatic N) is 6. The molecule has 0 saturated carbocycles. The molecular weight excluding hydrogens is 474 g/mol. The second kappa shape index (κ2) is 10.4. The van der Waals surface area contributed by atoms with E-state index in [-0.39, 0.29) is 0 Å². The van der Waals surface area contributed by atoms with Crippen LogP contribution >= 0.6 is 0 Å². The normalized spacial score (nSPS) is 18.6. The molecule has 2 aliphatic heterocycles. The van der Waals surface area contributed by atoms with Crippen LogP contribution in [0.25, 0.3) is 17.2 Å². The second-order valence-electron chi connectivity index (χ2n) is 9.30. The van der Waals surface area contributed by atoms with Crippen LogP contribution in [0.3, 0.4) is 0 Å². The molecule has 4 aromatic rings. The molecule has 6 rings (SSSR count). The van der Waals surface area contributed by atoms with Crippen LogP contribution in [0.15, 0.2) is 47.2 Å². The highest BCUT2D eigenvalue weighted by Gasteiger charge is 2.30. The maximum Gasteiger partial charge on any atom is 0.226 e. The van der Waals surface area contributed by atoms with Crippen LogP contribution < -0.4 is 14.8 Å². The zero-order valence-corrected chi connectivity index (χ0v) is 21.1. The van der Waals surface area contributed by atoms with E-state index >= 15 is 0 Å². The minimum absolute atomic E-state index is 0.436. The monoisotopic (exact) mass is 505 g/mol. The van der Waals surface area contributed by atoms with E-state index in [2.05, 4.69) is 15.1 Å². The molecule has 0 aliphatic carbocycles. The average Bonchev–Trinajstić information content (AvgIpc) is 3.63. The van der Waals surface area contributed by atoms with E-state index in [4.69, 9.17) is 33.7 Å². The molecule has 1 aromatic carbocycles. The van der Waals surface area contributed by atoms with Crippen molar-refractivity contribution < 1.29 is 18.6 Å². The number of furan rings is 1. The van der Waals surface area contributed by atoms with E-state index in [9.17, 15) is 0 Å². The van der Waals surface area contributed by atoms with Crippen molar-refractivity contribution in [2.45, 2.75) is 19.1 Å². The maximum absolute atomic E-state index is 5.72. The molecule has 0 radical (unpaired) electrons. The summed E-state index contributed by atoms with van der Waals surface area (Å²) in [7, 11) is 3.26. The first kappa shape index (κ1) is 23.7. The Morgan fingerprint density at radius 3 is 2.86 bits per heavy atom. The van der Waals surface area contributed by atoms with Crippen LogP contribution in [0.5, 0.6) is 11.5 Å². The Balaban J connectivity index is 1.27. The fraction of sp³-hybridized carbons (Fsp3) is 0.423. The Kier molecular flexibility index (Phi) is 6.64. The van der Waals surface area contributed by atoms with Gasteiger partial charge in [0.05, 0.1) is 33.7 Å². The van der Waals surface area contributed by atoms with Gasteiger partial charge in [0.2, 0.25) is 11.8 Å². The second-order valence-corrected chi connectivity index (χ2v) is 9.30. The molecule has 0 bridgehead atoms. The third kappa shape index (κ3) is 4.85. The summed E-state index contributed by atoms with van der Waals surface area (Å²) < 4.78 is 23.9. The van der Waals surface area contributed by atoms with Gasteiger partial charge in [-0.1, -0.05) is 6.07 Å². The first-order chi connectivity index (χ1) is 18.2. The van der Waals surface area contributed by atoms with Crippen LogP contribution in [0.4, 0.5) is 5.95 Å². The lowest BCUT2D eigenvalue weighted by Gasteiger charge is -2.43. The average molecular weight is 506 g/mol. The summed E-state index contributed by atoms with van der Waals surface area (Å²) in [5.41, 5.74) is 2.81. The van der Waals surface area contributed by atoms with Crippen LogP contribution in [0.2, 0.25) is 0 Å². The van der Waals surface area contributed by atoms with E-state index in [1.54, 1.807) is 25.0 Å². The minimum atomic E-state index is 0.436. The van der Waals surface area contributed by atoms with Gasteiger partial charge < -0.3 is 23.9 Å². The fourth-order valence-corrected chi connectivity index (χ4v) is 5.03. The molecular formula is C26H31N7O4. The molecule has 194 valence electrons. The quantitative estimate of drug-likeness (QED) is 0.384. The van der Waals surface area contributed by atoms with Crippen LogP contribution in [-0.2, 0) is 17.8 Å². The number of aromatic nitrogens is 4. The molecule has 11 heteroatoms. The number of morpholine rings is 1. The highest BCUT2D eigenvalue weighted by Crippen LogP contribution is 2.28. The number of ether oxygens (including phenoxy) is 3. The van der Waals surface area contributed by atoms with Gasteiger partial charge in [-0.2, -0.15) is 4.52 Å². The number of piperazine rings is 1. The lowest BCUT2D eigenvalue weighted by Crippen LogP contribution is -2.57. The van der Waals surface area contributed by atoms with Crippen molar-refractivity contribution in [2.24, 2.45) is 0 Å². The van der Waals surface area contributed by atoms with Crippen molar-refractivity contribution in [3.8, 4) is 23.1 Å². The summed E-state index contributed by atoms with van der Waals surface area (Å²) >= 11 is 0. The molecule has 3 aromatic heterocycles. The van der Waals surface area contributed by atoms with E-state index in [0.29, 0.717) is 41.6 Å². The third-order valence-electron chi connectivity index (χ3n) is 6.99. The zero-order chi connectivity index (χ0) is 25.2. The number of nitrogens with one attached hydrogen (secondary N) is 1.